The third kappa shape index (κ3) is 5.10. The third-order valence-electron chi connectivity index (χ3n) is 6.43. The summed E-state index contributed by atoms with van der Waals surface area (Å²) in [5, 5.41) is 10.0. The Hall–Kier alpha value is -2.53. The summed E-state index contributed by atoms with van der Waals surface area (Å²) in [6.07, 6.45) is 3.34. The molecule has 0 spiro atoms. The van der Waals surface area contributed by atoms with Crippen molar-refractivity contribution in [3.05, 3.63) is 60.2 Å². The zero-order valence-electron chi connectivity index (χ0n) is 17.1. The molecule has 4 rings (SSSR count). The largest absolute Gasteiger partial charge is 0.506 e. The van der Waals surface area contributed by atoms with Crippen LogP contribution in [0, 0.1) is 5.92 Å². The van der Waals surface area contributed by atoms with Crippen LogP contribution in [0.25, 0.3) is 0 Å². The van der Waals surface area contributed by atoms with E-state index >= 15 is 0 Å². The van der Waals surface area contributed by atoms with E-state index in [0.29, 0.717) is 24.1 Å². The van der Waals surface area contributed by atoms with Crippen molar-refractivity contribution >= 4 is 11.6 Å². The number of likely N-dealkylation sites (tertiary alicyclic amines) is 1. The van der Waals surface area contributed by atoms with Gasteiger partial charge < -0.3 is 19.8 Å². The second kappa shape index (κ2) is 9.31. The molecule has 5 nitrogen and oxygen atoms in total. The lowest BCUT2D eigenvalue weighted by molar-refractivity contribution is -0.892. The summed E-state index contributed by atoms with van der Waals surface area (Å²) < 4.78 is 0. The molecule has 2 aliphatic heterocycles. The molecule has 0 aliphatic carbocycles. The van der Waals surface area contributed by atoms with Gasteiger partial charge in [0.05, 0.1) is 31.9 Å². The molecular weight excluding hydrogens is 362 g/mol. The van der Waals surface area contributed by atoms with Crippen molar-refractivity contribution in [1.82, 2.24) is 4.90 Å². The fourth-order valence-electron chi connectivity index (χ4n) is 4.63. The predicted octanol–water partition coefficient (Wildman–Crippen LogP) is 1.58. The summed E-state index contributed by atoms with van der Waals surface area (Å²) in [5.41, 5.74) is 2.31. The summed E-state index contributed by atoms with van der Waals surface area (Å²) in [5.74, 6) is 1.33. The van der Waals surface area contributed by atoms with Gasteiger partial charge in [-0.05, 0) is 42.9 Å². The van der Waals surface area contributed by atoms with E-state index in [9.17, 15) is 9.90 Å². The van der Waals surface area contributed by atoms with Crippen LogP contribution in [0.3, 0.4) is 0 Å². The van der Waals surface area contributed by atoms with Crippen LogP contribution in [0.2, 0.25) is 0 Å². The fraction of sp³-hybridized carbons (Fsp3) is 0.458. The molecule has 2 fully saturated rings. The monoisotopic (exact) mass is 394 g/mol. The van der Waals surface area contributed by atoms with Gasteiger partial charge in [-0.25, -0.2) is 0 Å². The predicted molar refractivity (Wildman–Crippen MR) is 115 cm³/mol. The van der Waals surface area contributed by atoms with Crippen molar-refractivity contribution < 1.29 is 14.8 Å². The summed E-state index contributed by atoms with van der Waals surface area (Å²) in [4.78, 5) is 18.4. The molecule has 1 amide bonds. The van der Waals surface area contributed by atoms with E-state index in [2.05, 4.69) is 40.1 Å². The number of rotatable bonds is 5. The van der Waals surface area contributed by atoms with E-state index in [4.69, 9.17) is 0 Å². The van der Waals surface area contributed by atoms with Gasteiger partial charge in [-0.2, -0.15) is 0 Å². The third-order valence-corrected chi connectivity index (χ3v) is 6.43. The highest BCUT2D eigenvalue weighted by atomic mass is 16.3. The molecule has 0 unspecified atom stereocenters. The Morgan fingerprint density at radius 1 is 0.931 bits per heavy atom. The number of benzene rings is 2. The molecule has 154 valence electrons. The number of hydrogen-bond acceptors (Lipinski definition) is 3. The van der Waals surface area contributed by atoms with E-state index in [1.807, 2.05) is 18.2 Å². The minimum atomic E-state index is 0.300. The first-order chi connectivity index (χ1) is 14.2. The van der Waals surface area contributed by atoms with Gasteiger partial charge in [-0.15, -0.1) is 0 Å². The topological polar surface area (TPSA) is 48.2 Å². The number of piperidine rings is 1. The summed E-state index contributed by atoms with van der Waals surface area (Å²) >= 11 is 0. The molecule has 0 aromatic heterocycles. The molecule has 2 saturated heterocycles. The highest BCUT2D eigenvalue weighted by molar-refractivity contribution is 5.77. The molecule has 2 aliphatic rings. The smallest absolute Gasteiger partial charge is 0.277 e. The summed E-state index contributed by atoms with van der Waals surface area (Å²) in [7, 11) is 0. The zero-order chi connectivity index (χ0) is 20.1. The number of phenolic OH excluding ortho intramolecular Hbond substituents is 1. The normalized spacial score (nSPS) is 18.8. The highest BCUT2D eigenvalue weighted by Gasteiger charge is 2.28. The van der Waals surface area contributed by atoms with Gasteiger partial charge in [0.2, 0.25) is 0 Å². The number of piperazine rings is 1. The maximum atomic E-state index is 12.8. The quantitative estimate of drug-likeness (QED) is 0.810. The average Bonchev–Trinajstić information content (AvgIpc) is 2.76. The second-order valence-corrected chi connectivity index (χ2v) is 8.42. The van der Waals surface area contributed by atoms with Crippen LogP contribution in [-0.4, -0.2) is 61.7 Å². The zero-order valence-corrected chi connectivity index (χ0v) is 17.1. The molecule has 0 bridgehead atoms. The Kier molecular flexibility index (Phi) is 6.35. The highest BCUT2D eigenvalue weighted by Crippen LogP contribution is 2.26. The van der Waals surface area contributed by atoms with Crippen LogP contribution in [-0.2, 0) is 11.2 Å². The van der Waals surface area contributed by atoms with Crippen molar-refractivity contribution in [2.75, 3.05) is 50.7 Å². The van der Waals surface area contributed by atoms with Crippen LogP contribution in [0.4, 0.5) is 5.69 Å². The van der Waals surface area contributed by atoms with E-state index in [1.54, 1.807) is 6.07 Å². The van der Waals surface area contributed by atoms with Crippen molar-refractivity contribution in [3.8, 4) is 5.75 Å². The minimum Gasteiger partial charge on any atom is -0.506 e. The molecule has 0 saturated carbocycles. The number of nitrogens with zero attached hydrogens (tertiary/aromatic N) is 2. The molecule has 0 atom stereocenters. The van der Waals surface area contributed by atoms with E-state index in [-0.39, 0.29) is 0 Å². The van der Waals surface area contributed by atoms with Crippen molar-refractivity contribution in [2.24, 2.45) is 5.92 Å². The van der Waals surface area contributed by atoms with Crippen molar-refractivity contribution in [1.29, 1.82) is 0 Å². The number of quaternary nitrogens is 1. The van der Waals surface area contributed by atoms with Gasteiger partial charge in [0.15, 0.2) is 6.54 Å². The molecule has 29 heavy (non-hydrogen) atoms. The SMILES string of the molecule is O=C(C[NH+]1CCN(c2ccccc2O)CC1)N1CCC(Cc2ccccc2)CC1. The molecule has 0 radical (unpaired) electrons. The first-order valence-electron chi connectivity index (χ1n) is 10.9. The van der Waals surface area contributed by atoms with Gasteiger partial charge in [-0.3, -0.25) is 4.79 Å². The minimum absolute atomic E-state index is 0.300. The maximum Gasteiger partial charge on any atom is 0.277 e. The lowest BCUT2D eigenvalue weighted by atomic mass is 9.90. The molecular formula is C24H32N3O2+. The Morgan fingerprint density at radius 3 is 2.28 bits per heavy atom. The lowest BCUT2D eigenvalue weighted by Gasteiger charge is -2.36. The van der Waals surface area contributed by atoms with Crippen molar-refractivity contribution in [2.45, 2.75) is 19.3 Å². The van der Waals surface area contributed by atoms with Gasteiger partial charge in [-0.1, -0.05) is 42.5 Å². The number of para-hydroxylation sites is 2. The summed E-state index contributed by atoms with van der Waals surface area (Å²) in [6.45, 7) is 6.01. The van der Waals surface area contributed by atoms with Gasteiger partial charge in [0.1, 0.15) is 5.75 Å². The van der Waals surface area contributed by atoms with Crippen LogP contribution in [0.15, 0.2) is 54.6 Å². The average molecular weight is 395 g/mol. The van der Waals surface area contributed by atoms with Crippen LogP contribution in [0.5, 0.6) is 5.75 Å². The number of anilines is 1. The number of carbonyl (C=O) groups excluding carboxylic acids is 1. The van der Waals surface area contributed by atoms with Gasteiger partial charge in [0.25, 0.3) is 5.91 Å². The number of nitrogens with one attached hydrogen (secondary N) is 1. The van der Waals surface area contributed by atoms with Crippen LogP contribution < -0.4 is 9.80 Å². The van der Waals surface area contributed by atoms with E-state index in [1.165, 1.54) is 10.5 Å². The van der Waals surface area contributed by atoms with Gasteiger partial charge >= 0.3 is 0 Å². The number of carbonyl (C=O) groups is 1. The number of phenols is 1. The Morgan fingerprint density at radius 2 is 1.59 bits per heavy atom. The second-order valence-electron chi connectivity index (χ2n) is 8.42. The Labute approximate surface area is 173 Å². The Balaban J connectivity index is 1.20. The van der Waals surface area contributed by atoms with Crippen LogP contribution >= 0.6 is 0 Å². The number of hydrogen-bond donors (Lipinski definition) is 2. The first-order valence-corrected chi connectivity index (χ1v) is 10.9. The maximum absolute atomic E-state index is 12.8. The number of amides is 1. The molecule has 2 aromatic carbocycles. The van der Waals surface area contributed by atoms with E-state index in [0.717, 1.165) is 64.2 Å². The van der Waals surface area contributed by atoms with Gasteiger partial charge in [0, 0.05) is 13.1 Å². The van der Waals surface area contributed by atoms with Crippen molar-refractivity contribution in [3.63, 3.8) is 0 Å². The van der Waals surface area contributed by atoms with E-state index < -0.39 is 0 Å². The molecule has 2 heterocycles. The molecule has 5 heteroatoms. The number of aromatic hydroxyl groups is 1. The molecule has 2 aromatic rings. The first kappa shape index (κ1) is 19.8. The molecule has 2 N–H and O–H groups in total. The summed E-state index contributed by atoms with van der Waals surface area (Å²) in [6, 6.07) is 18.2. The lowest BCUT2D eigenvalue weighted by Crippen LogP contribution is -3.16. The Bertz CT molecular complexity index is 795. The van der Waals surface area contributed by atoms with Crippen LogP contribution in [0.1, 0.15) is 18.4 Å². The standard InChI is InChI=1S/C24H31N3O2/c28-23-9-5-4-8-22(23)26-16-14-25(15-17-26)19-24(29)27-12-10-21(11-13-27)18-20-6-2-1-3-7-20/h1-9,21,28H,10-19H2/p+1. The fourth-order valence-corrected chi connectivity index (χ4v) is 4.63.